The maximum atomic E-state index is 14.6. The van der Waals surface area contributed by atoms with Crippen molar-refractivity contribution < 1.29 is 28.0 Å². The topological polar surface area (TPSA) is 106 Å². The molecule has 0 aliphatic carbocycles. The van der Waals surface area contributed by atoms with E-state index in [-0.39, 0.29) is 25.1 Å². The number of esters is 1. The highest BCUT2D eigenvalue weighted by Crippen LogP contribution is 2.32. The first-order chi connectivity index (χ1) is 15.3. The summed E-state index contributed by atoms with van der Waals surface area (Å²) in [4.78, 5) is 39.8. The first-order valence-electron chi connectivity index (χ1n) is 9.75. The number of fused-ring (bicyclic) bond motifs is 3. The summed E-state index contributed by atoms with van der Waals surface area (Å²) < 4.78 is 34.1. The highest BCUT2D eigenvalue weighted by Gasteiger charge is 2.32. The molecule has 1 aliphatic heterocycles. The van der Waals surface area contributed by atoms with Crippen LogP contribution in [0.2, 0.25) is 0 Å². The van der Waals surface area contributed by atoms with E-state index in [4.69, 9.17) is 4.74 Å². The summed E-state index contributed by atoms with van der Waals surface area (Å²) in [7, 11) is 0. The highest BCUT2D eigenvalue weighted by atomic mass is 19.1. The average molecular weight is 441 g/mol. The number of para-hydroxylation sites is 1. The van der Waals surface area contributed by atoms with Crippen LogP contribution in [0.3, 0.4) is 0 Å². The third-order valence-corrected chi connectivity index (χ3v) is 5.21. The van der Waals surface area contributed by atoms with E-state index in [2.05, 4.69) is 4.98 Å². The maximum Gasteiger partial charge on any atom is 0.341 e. The Morgan fingerprint density at radius 1 is 1.22 bits per heavy atom. The van der Waals surface area contributed by atoms with Gasteiger partial charge in [-0.15, -0.1) is 0 Å². The van der Waals surface area contributed by atoms with Gasteiger partial charge in [-0.3, -0.25) is 14.9 Å². The number of carbonyl (C=O) groups excluding carboxylic acids is 2. The number of rotatable bonds is 4. The number of nitrogens with zero attached hydrogens (tertiary/aromatic N) is 2. The van der Waals surface area contributed by atoms with Gasteiger partial charge in [0.2, 0.25) is 5.82 Å². The number of hydrogen-bond donors (Lipinski definition) is 1. The Bertz CT molecular complexity index is 1300. The zero-order chi connectivity index (χ0) is 23.0. The number of nitro benzene ring substituents is 1. The summed E-state index contributed by atoms with van der Waals surface area (Å²) in [5.74, 6) is -4.67. The van der Waals surface area contributed by atoms with Crippen molar-refractivity contribution in [3.8, 4) is 0 Å². The van der Waals surface area contributed by atoms with E-state index in [0.29, 0.717) is 17.8 Å². The number of nitrogens with one attached hydrogen (secondary N) is 1. The molecule has 0 saturated carbocycles. The Kier molecular flexibility index (Phi) is 5.43. The summed E-state index contributed by atoms with van der Waals surface area (Å²) in [5, 5.41) is 11.9. The molecule has 1 aromatic heterocycles. The summed E-state index contributed by atoms with van der Waals surface area (Å²) in [6.45, 7) is 1.68. The minimum Gasteiger partial charge on any atom is -0.462 e. The molecule has 0 fully saturated rings. The Hall–Kier alpha value is -4.08. The molecule has 1 N–H and O–H groups in total. The molecular formula is C22H17F2N3O5. The quantitative estimate of drug-likeness (QED) is 0.375. The van der Waals surface area contributed by atoms with Gasteiger partial charge in [0.25, 0.3) is 5.91 Å². The van der Waals surface area contributed by atoms with Crippen molar-refractivity contribution in [3.05, 3.63) is 81.2 Å². The number of aromatic amines is 1. The highest BCUT2D eigenvalue weighted by molar-refractivity contribution is 6.18. The molecule has 32 heavy (non-hydrogen) atoms. The SMILES string of the molecule is CCOC(=O)C1=CN(C(=O)c2c(F)ccc([N+](=O)[O-])c2F)CCc2c1[nH]c1ccccc21. The fraction of sp³-hybridized carbons (Fsp3) is 0.182. The fourth-order valence-corrected chi connectivity index (χ4v) is 3.75. The van der Waals surface area contributed by atoms with Crippen LogP contribution < -0.4 is 0 Å². The molecule has 1 aliphatic rings. The van der Waals surface area contributed by atoms with Gasteiger partial charge in [0.1, 0.15) is 11.4 Å². The van der Waals surface area contributed by atoms with Crippen LogP contribution in [0.5, 0.6) is 0 Å². The van der Waals surface area contributed by atoms with E-state index in [9.17, 15) is 28.5 Å². The van der Waals surface area contributed by atoms with Crippen LogP contribution in [0.4, 0.5) is 14.5 Å². The average Bonchev–Trinajstić information content (AvgIpc) is 3.01. The molecule has 0 bridgehead atoms. The minimum atomic E-state index is -1.57. The van der Waals surface area contributed by atoms with Crippen molar-refractivity contribution in [2.24, 2.45) is 0 Å². The zero-order valence-corrected chi connectivity index (χ0v) is 16.9. The Morgan fingerprint density at radius 3 is 2.69 bits per heavy atom. The second-order valence-corrected chi connectivity index (χ2v) is 7.05. The predicted molar refractivity (Wildman–Crippen MR) is 111 cm³/mol. The second kappa shape index (κ2) is 8.22. The summed E-state index contributed by atoms with van der Waals surface area (Å²) >= 11 is 0. The lowest BCUT2D eigenvalue weighted by atomic mass is 10.0. The van der Waals surface area contributed by atoms with Gasteiger partial charge < -0.3 is 14.6 Å². The molecule has 0 atom stereocenters. The molecule has 1 amide bonds. The van der Waals surface area contributed by atoms with Gasteiger partial charge in [-0.1, -0.05) is 18.2 Å². The smallest absolute Gasteiger partial charge is 0.341 e. The van der Waals surface area contributed by atoms with Gasteiger partial charge in [-0.05, 0) is 31.0 Å². The maximum absolute atomic E-state index is 14.6. The minimum absolute atomic E-state index is 0.00940. The van der Waals surface area contributed by atoms with Gasteiger partial charge in [0.15, 0.2) is 0 Å². The van der Waals surface area contributed by atoms with Gasteiger partial charge in [0.05, 0.1) is 22.8 Å². The molecule has 2 aromatic carbocycles. The molecule has 0 spiro atoms. The Balaban J connectivity index is 1.84. The molecular weight excluding hydrogens is 424 g/mol. The molecule has 164 valence electrons. The van der Waals surface area contributed by atoms with Crippen molar-refractivity contribution in [2.45, 2.75) is 13.3 Å². The van der Waals surface area contributed by atoms with Crippen LogP contribution >= 0.6 is 0 Å². The van der Waals surface area contributed by atoms with Crippen LogP contribution in [0.25, 0.3) is 16.5 Å². The molecule has 3 aromatic rings. The van der Waals surface area contributed by atoms with Gasteiger partial charge in [-0.2, -0.15) is 4.39 Å². The monoisotopic (exact) mass is 441 g/mol. The largest absolute Gasteiger partial charge is 0.462 e. The van der Waals surface area contributed by atoms with E-state index in [1.165, 1.54) is 6.20 Å². The lowest BCUT2D eigenvalue weighted by Crippen LogP contribution is -2.30. The number of aromatic nitrogens is 1. The third-order valence-electron chi connectivity index (χ3n) is 5.21. The van der Waals surface area contributed by atoms with E-state index in [1.807, 2.05) is 24.3 Å². The standard InChI is InChI=1S/C22H17F2N3O5/c1-2-32-22(29)14-11-26(10-9-13-12-5-3-4-6-16(12)25-20(13)14)21(28)18-15(23)7-8-17(19(18)24)27(30)31/h3-8,11,25H,2,9-10H2,1H3. The van der Waals surface area contributed by atoms with Crippen LogP contribution in [0.15, 0.2) is 42.6 Å². The first-order valence-corrected chi connectivity index (χ1v) is 9.75. The zero-order valence-electron chi connectivity index (χ0n) is 16.9. The molecule has 0 radical (unpaired) electrons. The predicted octanol–water partition coefficient (Wildman–Crippen LogP) is 3.96. The van der Waals surface area contributed by atoms with Gasteiger partial charge in [0, 0.05) is 29.7 Å². The van der Waals surface area contributed by atoms with E-state index in [0.717, 1.165) is 21.4 Å². The van der Waals surface area contributed by atoms with Crippen molar-refractivity contribution in [2.75, 3.05) is 13.2 Å². The summed E-state index contributed by atoms with van der Waals surface area (Å²) in [5.41, 5.74) is -0.0991. The van der Waals surface area contributed by atoms with Crippen LogP contribution in [-0.4, -0.2) is 39.8 Å². The number of hydrogen-bond acceptors (Lipinski definition) is 5. The lowest BCUT2D eigenvalue weighted by molar-refractivity contribution is -0.387. The number of halogens is 2. The molecule has 2 heterocycles. The van der Waals surface area contributed by atoms with Gasteiger partial charge in [-0.25, -0.2) is 9.18 Å². The number of amides is 1. The third kappa shape index (κ3) is 3.49. The number of nitro groups is 1. The van der Waals surface area contributed by atoms with Gasteiger partial charge >= 0.3 is 11.7 Å². The van der Waals surface area contributed by atoms with Crippen LogP contribution in [0, 0.1) is 21.7 Å². The summed E-state index contributed by atoms with van der Waals surface area (Å²) in [6.07, 6.45) is 1.43. The number of benzene rings is 2. The summed E-state index contributed by atoms with van der Waals surface area (Å²) in [6, 6.07) is 8.66. The van der Waals surface area contributed by atoms with Crippen molar-refractivity contribution >= 4 is 34.0 Å². The van der Waals surface area contributed by atoms with E-state index < -0.39 is 39.7 Å². The van der Waals surface area contributed by atoms with E-state index in [1.54, 1.807) is 6.92 Å². The van der Waals surface area contributed by atoms with Crippen molar-refractivity contribution in [1.82, 2.24) is 9.88 Å². The van der Waals surface area contributed by atoms with Crippen molar-refractivity contribution in [1.29, 1.82) is 0 Å². The number of H-pyrrole nitrogens is 1. The van der Waals surface area contributed by atoms with E-state index >= 15 is 0 Å². The van der Waals surface area contributed by atoms with Crippen molar-refractivity contribution in [3.63, 3.8) is 0 Å². The first kappa shape index (κ1) is 21.2. The second-order valence-electron chi connectivity index (χ2n) is 7.05. The Morgan fingerprint density at radius 2 is 1.97 bits per heavy atom. The Labute approximate surface area is 180 Å². The molecule has 0 unspecified atom stereocenters. The molecule has 10 heteroatoms. The normalized spacial score (nSPS) is 13.3. The number of carbonyl (C=O) groups is 2. The van der Waals surface area contributed by atoms with Crippen LogP contribution in [0.1, 0.15) is 28.5 Å². The molecule has 8 nitrogen and oxygen atoms in total. The van der Waals surface area contributed by atoms with Crippen LogP contribution in [-0.2, 0) is 16.0 Å². The lowest BCUT2D eigenvalue weighted by Gasteiger charge is -2.18. The molecule has 0 saturated heterocycles. The fourth-order valence-electron chi connectivity index (χ4n) is 3.75. The molecule has 4 rings (SSSR count). The number of ether oxygens (including phenoxy) is 1.